The molecule has 0 bridgehead atoms. The molecule has 0 unspecified atom stereocenters. The molecule has 0 radical (unpaired) electrons. The van der Waals surface area contributed by atoms with Gasteiger partial charge in [-0.15, -0.1) is 0 Å². The van der Waals surface area contributed by atoms with E-state index in [2.05, 4.69) is 27.6 Å². The molecule has 1 N–H and O–H groups in total. The maximum absolute atomic E-state index is 13.4. The van der Waals surface area contributed by atoms with Gasteiger partial charge < -0.3 is 5.11 Å². The van der Waals surface area contributed by atoms with Gasteiger partial charge in [-0.25, -0.2) is 4.98 Å². The average Bonchev–Trinajstić information content (AvgIpc) is 2.69. The number of benzene rings is 3. The lowest BCUT2D eigenvalue weighted by Gasteiger charge is -2.13. The van der Waals surface area contributed by atoms with E-state index in [1.807, 2.05) is 18.2 Å². The van der Waals surface area contributed by atoms with Crippen LogP contribution in [0.1, 0.15) is 11.4 Å². The number of phenols is 1. The van der Waals surface area contributed by atoms with Crippen LogP contribution in [0.25, 0.3) is 28.7 Å². The largest absolute Gasteiger partial charge is 0.508 e. The van der Waals surface area contributed by atoms with Gasteiger partial charge in [-0.3, -0.25) is 9.36 Å². The maximum atomic E-state index is 13.4. The molecule has 1 heterocycles. The number of fused-ring (bicyclic) bond motifs is 1. The van der Waals surface area contributed by atoms with Gasteiger partial charge >= 0.3 is 0 Å². The zero-order chi connectivity index (χ0) is 20.5. The van der Waals surface area contributed by atoms with Gasteiger partial charge in [-0.2, -0.15) is 0 Å². The fourth-order valence-corrected chi connectivity index (χ4v) is 3.92. The Labute approximate surface area is 190 Å². The van der Waals surface area contributed by atoms with E-state index < -0.39 is 0 Å². The molecule has 3 aromatic carbocycles. The van der Waals surface area contributed by atoms with Crippen LogP contribution in [-0.4, -0.2) is 14.7 Å². The van der Waals surface area contributed by atoms with Crippen molar-refractivity contribution in [3.05, 3.63) is 96.0 Å². The molecule has 4 rings (SSSR count). The Kier molecular flexibility index (Phi) is 5.63. The quantitative estimate of drug-likeness (QED) is 0.320. The van der Waals surface area contributed by atoms with E-state index in [4.69, 9.17) is 23.2 Å². The van der Waals surface area contributed by atoms with Gasteiger partial charge in [0.05, 0.1) is 21.6 Å². The molecule has 144 valence electrons. The summed E-state index contributed by atoms with van der Waals surface area (Å²) in [5, 5.41) is 10.8. The summed E-state index contributed by atoms with van der Waals surface area (Å²) in [6.45, 7) is 0. The van der Waals surface area contributed by atoms with Gasteiger partial charge in [0.1, 0.15) is 11.6 Å². The highest BCUT2D eigenvalue weighted by atomic mass is 127. The minimum atomic E-state index is -0.219. The van der Waals surface area contributed by atoms with Gasteiger partial charge in [0.2, 0.25) is 0 Å². The lowest BCUT2D eigenvalue weighted by Crippen LogP contribution is -2.22. The number of hydrogen-bond acceptors (Lipinski definition) is 3. The predicted octanol–water partition coefficient (Wildman–Crippen LogP) is 6.17. The van der Waals surface area contributed by atoms with Crippen molar-refractivity contribution in [2.75, 3.05) is 0 Å². The predicted molar refractivity (Wildman–Crippen MR) is 127 cm³/mol. The van der Waals surface area contributed by atoms with Crippen LogP contribution in [0.2, 0.25) is 10.0 Å². The highest BCUT2D eigenvalue weighted by molar-refractivity contribution is 14.1. The summed E-state index contributed by atoms with van der Waals surface area (Å²) in [4.78, 5) is 18.0. The Hall–Kier alpha value is -2.35. The minimum Gasteiger partial charge on any atom is -0.508 e. The lowest BCUT2D eigenvalue weighted by molar-refractivity contribution is 0.475. The van der Waals surface area contributed by atoms with Gasteiger partial charge in [-0.1, -0.05) is 41.4 Å². The van der Waals surface area contributed by atoms with Gasteiger partial charge in [0, 0.05) is 8.59 Å². The zero-order valence-corrected chi connectivity index (χ0v) is 18.5. The molecule has 0 saturated carbocycles. The van der Waals surface area contributed by atoms with Crippen LogP contribution in [0.5, 0.6) is 5.75 Å². The van der Waals surface area contributed by atoms with Crippen molar-refractivity contribution in [3.63, 3.8) is 0 Å². The van der Waals surface area contributed by atoms with E-state index in [-0.39, 0.29) is 11.3 Å². The molecule has 0 fully saturated rings. The molecular formula is C22H13Cl2IN2O2. The zero-order valence-electron chi connectivity index (χ0n) is 14.8. The smallest absolute Gasteiger partial charge is 0.266 e. The third kappa shape index (κ3) is 4.17. The summed E-state index contributed by atoms with van der Waals surface area (Å²) in [5.41, 5.74) is 1.73. The Morgan fingerprint density at radius 1 is 0.966 bits per heavy atom. The topological polar surface area (TPSA) is 55.1 Å². The Bertz CT molecular complexity index is 1320. The molecule has 0 aliphatic rings. The van der Waals surface area contributed by atoms with Crippen LogP contribution in [0.3, 0.4) is 0 Å². The average molecular weight is 535 g/mol. The van der Waals surface area contributed by atoms with E-state index in [0.29, 0.717) is 32.5 Å². The Morgan fingerprint density at radius 3 is 2.45 bits per heavy atom. The summed E-state index contributed by atoms with van der Waals surface area (Å²) in [5.74, 6) is 0.617. The summed E-state index contributed by atoms with van der Waals surface area (Å²) in [6, 6.07) is 17.2. The first-order valence-corrected chi connectivity index (χ1v) is 10.4. The van der Waals surface area contributed by atoms with Crippen LogP contribution in [-0.2, 0) is 0 Å². The highest BCUT2D eigenvalue weighted by Crippen LogP contribution is 2.26. The van der Waals surface area contributed by atoms with Crippen molar-refractivity contribution in [2.45, 2.75) is 0 Å². The molecule has 4 nitrogen and oxygen atoms in total. The van der Waals surface area contributed by atoms with Crippen molar-refractivity contribution in [1.29, 1.82) is 0 Å². The molecule has 1 aromatic heterocycles. The molecular weight excluding hydrogens is 522 g/mol. The standard InChI is InChI=1S/C22H13Cl2IN2O2/c23-14-4-9-20(18(24)11-14)27-21(10-3-13-1-6-16(28)7-2-13)26-19-8-5-15(25)12-17(19)22(27)29/h1-12,28H/b10-3+. The molecule has 0 atom stereocenters. The van der Waals surface area contributed by atoms with Crippen LogP contribution >= 0.6 is 45.8 Å². The van der Waals surface area contributed by atoms with Crippen LogP contribution in [0.4, 0.5) is 0 Å². The van der Waals surface area contributed by atoms with E-state index in [1.54, 1.807) is 54.6 Å². The molecule has 0 saturated heterocycles. The van der Waals surface area contributed by atoms with E-state index >= 15 is 0 Å². The van der Waals surface area contributed by atoms with Gasteiger partial charge in [0.25, 0.3) is 5.56 Å². The van der Waals surface area contributed by atoms with E-state index in [9.17, 15) is 9.90 Å². The molecule has 29 heavy (non-hydrogen) atoms. The van der Waals surface area contributed by atoms with Crippen molar-refractivity contribution in [1.82, 2.24) is 9.55 Å². The first-order chi connectivity index (χ1) is 13.9. The number of phenolic OH excluding ortho intramolecular Hbond substituents is 1. The number of hydrogen-bond donors (Lipinski definition) is 1. The third-order valence-electron chi connectivity index (χ3n) is 4.32. The van der Waals surface area contributed by atoms with Crippen molar-refractivity contribution < 1.29 is 5.11 Å². The lowest BCUT2D eigenvalue weighted by atomic mass is 10.2. The van der Waals surface area contributed by atoms with Crippen molar-refractivity contribution in [2.24, 2.45) is 0 Å². The summed E-state index contributed by atoms with van der Waals surface area (Å²) >= 11 is 14.6. The van der Waals surface area contributed by atoms with E-state index in [1.165, 1.54) is 4.57 Å². The number of halogens is 3. The number of nitrogens with zero attached hydrogens (tertiary/aromatic N) is 2. The monoisotopic (exact) mass is 534 g/mol. The second-order valence-electron chi connectivity index (χ2n) is 6.29. The number of rotatable bonds is 3. The van der Waals surface area contributed by atoms with Crippen molar-refractivity contribution in [3.8, 4) is 11.4 Å². The van der Waals surface area contributed by atoms with Crippen LogP contribution in [0.15, 0.2) is 65.5 Å². The van der Waals surface area contributed by atoms with Crippen LogP contribution in [0, 0.1) is 3.57 Å². The second kappa shape index (κ2) is 8.18. The molecule has 7 heteroatoms. The second-order valence-corrected chi connectivity index (χ2v) is 8.38. The number of aromatic hydroxyl groups is 1. The SMILES string of the molecule is O=c1c2cc(I)ccc2nc(/C=C/c2ccc(O)cc2)n1-c1ccc(Cl)cc1Cl. The fraction of sp³-hybridized carbons (Fsp3) is 0. The van der Waals surface area contributed by atoms with Gasteiger partial charge in [-0.05, 0) is 82.8 Å². The fourth-order valence-electron chi connectivity index (χ4n) is 2.94. The minimum absolute atomic E-state index is 0.186. The summed E-state index contributed by atoms with van der Waals surface area (Å²) in [7, 11) is 0. The summed E-state index contributed by atoms with van der Waals surface area (Å²) < 4.78 is 2.42. The maximum Gasteiger partial charge on any atom is 0.266 e. The Morgan fingerprint density at radius 2 is 1.72 bits per heavy atom. The third-order valence-corrected chi connectivity index (χ3v) is 5.53. The highest BCUT2D eigenvalue weighted by Gasteiger charge is 2.14. The molecule has 0 spiro atoms. The van der Waals surface area contributed by atoms with Gasteiger partial charge in [0.15, 0.2) is 0 Å². The Balaban J connectivity index is 1.97. The molecule has 0 amide bonds. The normalized spacial score (nSPS) is 11.4. The first-order valence-electron chi connectivity index (χ1n) is 8.57. The van der Waals surface area contributed by atoms with Crippen LogP contribution < -0.4 is 5.56 Å². The molecule has 0 aliphatic heterocycles. The van der Waals surface area contributed by atoms with Crippen molar-refractivity contribution >= 4 is 68.8 Å². The number of aromatic nitrogens is 2. The first kappa shape index (κ1) is 19.9. The van der Waals surface area contributed by atoms with E-state index in [0.717, 1.165) is 9.13 Å². The summed E-state index contributed by atoms with van der Waals surface area (Å²) in [6.07, 6.45) is 3.57. The molecule has 4 aromatic rings. The molecule has 0 aliphatic carbocycles.